The van der Waals surface area contributed by atoms with E-state index in [2.05, 4.69) is 49.7 Å². The zero-order valence-corrected chi connectivity index (χ0v) is 26.1. The van der Waals surface area contributed by atoms with Gasteiger partial charge in [0.25, 0.3) is 0 Å². The van der Waals surface area contributed by atoms with Crippen molar-refractivity contribution in [2.24, 2.45) is 5.92 Å². The van der Waals surface area contributed by atoms with Gasteiger partial charge in [0.1, 0.15) is 11.7 Å². The number of rotatable bonds is 8. The van der Waals surface area contributed by atoms with Gasteiger partial charge < -0.3 is 34.3 Å². The first kappa shape index (κ1) is 30.7. The highest BCUT2D eigenvalue weighted by molar-refractivity contribution is 9.09. The summed E-state index contributed by atoms with van der Waals surface area (Å²) in [6, 6.07) is 0. The summed E-state index contributed by atoms with van der Waals surface area (Å²) in [7, 11) is 0. The van der Waals surface area contributed by atoms with Crippen LogP contribution in [0, 0.1) is 5.92 Å². The van der Waals surface area contributed by atoms with Crippen molar-refractivity contribution >= 4 is 15.9 Å². The minimum Gasteiger partial charge on any atom is -0.489 e. The molecular formula is C30H51BrO7. The Morgan fingerprint density at radius 2 is 1.68 bits per heavy atom. The summed E-state index contributed by atoms with van der Waals surface area (Å²) >= 11 is 3.78. The smallest absolute Gasteiger partial charge is 0.132 e. The van der Waals surface area contributed by atoms with Gasteiger partial charge in [-0.2, -0.15) is 0 Å². The topological polar surface area (TPSA) is 97.6 Å². The van der Waals surface area contributed by atoms with Gasteiger partial charge in [-0.15, -0.1) is 0 Å². The summed E-state index contributed by atoms with van der Waals surface area (Å²) in [4.78, 5) is 0.333. The molecule has 0 aromatic rings. The summed E-state index contributed by atoms with van der Waals surface area (Å²) in [6.45, 7) is 14.0. The molecule has 0 spiro atoms. The second-order valence-electron chi connectivity index (χ2n) is 14.0. The molecule has 0 aromatic carbocycles. The van der Waals surface area contributed by atoms with E-state index in [1.165, 1.54) is 0 Å². The van der Waals surface area contributed by atoms with Crippen LogP contribution in [0.15, 0.2) is 11.8 Å². The number of hydrogen-bond acceptors (Lipinski definition) is 7. The van der Waals surface area contributed by atoms with Gasteiger partial charge in [-0.05, 0) is 112 Å². The van der Waals surface area contributed by atoms with Gasteiger partial charge in [0.05, 0.1) is 53.1 Å². The van der Waals surface area contributed by atoms with E-state index in [-0.39, 0.29) is 42.0 Å². The lowest BCUT2D eigenvalue weighted by atomic mass is 9.77. The van der Waals surface area contributed by atoms with Crippen molar-refractivity contribution in [3.8, 4) is 0 Å². The third-order valence-corrected chi connectivity index (χ3v) is 11.4. The molecule has 3 fully saturated rings. The van der Waals surface area contributed by atoms with Gasteiger partial charge in [-0.25, -0.2) is 0 Å². The quantitative estimate of drug-likeness (QED) is 0.330. The molecule has 3 saturated heterocycles. The molecule has 38 heavy (non-hydrogen) atoms. The van der Waals surface area contributed by atoms with Crippen LogP contribution in [-0.4, -0.2) is 79.2 Å². The fourth-order valence-corrected chi connectivity index (χ4v) is 7.26. The van der Waals surface area contributed by atoms with Crippen LogP contribution >= 0.6 is 15.9 Å². The van der Waals surface area contributed by atoms with Crippen molar-refractivity contribution in [2.75, 3.05) is 6.61 Å². The lowest BCUT2D eigenvalue weighted by Gasteiger charge is -2.54. The van der Waals surface area contributed by atoms with E-state index in [1.54, 1.807) is 13.8 Å². The zero-order valence-electron chi connectivity index (χ0n) is 24.5. The average Bonchev–Trinajstić information content (AvgIpc) is 3.25. The number of hydrogen-bond donors (Lipinski definition) is 3. The van der Waals surface area contributed by atoms with Crippen LogP contribution in [0.25, 0.3) is 0 Å². The molecule has 4 rings (SSSR count). The second-order valence-corrected chi connectivity index (χ2v) is 15.1. The first-order valence-electron chi connectivity index (χ1n) is 14.6. The molecule has 220 valence electrons. The predicted molar refractivity (Wildman–Crippen MR) is 150 cm³/mol. The fraction of sp³-hybridized carbons (Fsp3) is 0.933. The third kappa shape index (κ3) is 6.17. The SMILES string of the molecule is CC(C)(O)[C@H]1CC[C@](C)([C@@H](O)CC[C@@H](CO)C2=CC[C@H]3O[C@@H]([C@]4(C)CC[C@@H](Br)C(C)(C)O4)CC[C@]3(C)O2)O1. The highest BCUT2D eigenvalue weighted by Crippen LogP contribution is 2.48. The monoisotopic (exact) mass is 602 g/mol. The number of alkyl halides is 1. The Morgan fingerprint density at radius 3 is 2.29 bits per heavy atom. The first-order valence-corrected chi connectivity index (χ1v) is 15.5. The molecule has 4 heterocycles. The minimum absolute atomic E-state index is 0.0158. The Kier molecular flexibility index (Phi) is 8.80. The van der Waals surface area contributed by atoms with E-state index >= 15 is 0 Å². The summed E-state index contributed by atoms with van der Waals surface area (Å²) in [5.74, 6) is 0.613. The van der Waals surface area contributed by atoms with Gasteiger partial charge in [0.2, 0.25) is 0 Å². The van der Waals surface area contributed by atoms with Crippen LogP contribution in [-0.2, 0) is 18.9 Å². The molecule has 0 aliphatic carbocycles. The maximum absolute atomic E-state index is 11.0. The first-order chi connectivity index (χ1) is 17.5. The highest BCUT2D eigenvalue weighted by Gasteiger charge is 2.54. The molecule has 7 nitrogen and oxygen atoms in total. The molecule has 4 aliphatic heterocycles. The van der Waals surface area contributed by atoms with Crippen LogP contribution in [0.3, 0.4) is 0 Å². The zero-order chi connectivity index (χ0) is 28.1. The predicted octanol–water partition coefficient (Wildman–Crippen LogP) is 5.17. The number of aliphatic hydroxyl groups is 3. The van der Waals surface area contributed by atoms with Gasteiger partial charge in [-0.1, -0.05) is 15.9 Å². The summed E-state index contributed by atoms with van der Waals surface area (Å²) < 4.78 is 26.0. The Hall–Kier alpha value is -0.220. The van der Waals surface area contributed by atoms with Crippen LogP contribution in [0.4, 0.5) is 0 Å². The van der Waals surface area contributed by atoms with E-state index in [0.29, 0.717) is 30.5 Å². The molecule has 0 aromatic heterocycles. The molecule has 0 radical (unpaired) electrons. The van der Waals surface area contributed by atoms with Gasteiger partial charge >= 0.3 is 0 Å². The molecule has 0 unspecified atom stereocenters. The second kappa shape index (κ2) is 10.9. The molecule has 0 bridgehead atoms. The summed E-state index contributed by atoms with van der Waals surface area (Å²) in [5, 5.41) is 31.6. The lowest BCUT2D eigenvalue weighted by molar-refractivity contribution is -0.266. The van der Waals surface area contributed by atoms with Gasteiger partial charge in [0.15, 0.2) is 0 Å². The number of aliphatic hydroxyl groups excluding tert-OH is 2. The Balaban J connectivity index is 1.36. The average molecular weight is 604 g/mol. The van der Waals surface area contributed by atoms with Gasteiger partial charge in [-0.3, -0.25) is 0 Å². The molecular weight excluding hydrogens is 552 g/mol. The molecule has 9 atom stereocenters. The Labute approximate surface area is 237 Å². The molecule has 0 amide bonds. The van der Waals surface area contributed by atoms with E-state index in [1.807, 2.05) is 6.92 Å². The molecule has 0 saturated carbocycles. The molecule has 3 N–H and O–H groups in total. The van der Waals surface area contributed by atoms with Crippen molar-refractivity contribution < 1.29 is 34.3 Å². The Morgan fingerprint density at radius 1 is 1.00 bits per heavy atom. The number of halogens is 1. The standard InChI is InChI=1S/C30H51BrO7/c1-26(2,34)23-13-16-28(5,37-23)22(33)10-8-19(18-32)20-9-11-24-29(6,36-20)17-14-25(35-24)30(7)15-12-21(31)27(3,4)38-30/h9,19,21-25,32-34H,8,10-18H2,1-7H3/t19-,21+,22-,23+,24+,25+,28+,29-,30-/m0/s1. The van der Waals surface area contributed by atoms with E-state index in [9.17, 15) is 15.3 Å². The largest absolute Gasteiger partial charge is 0.489 e. The van der Waals surface area contributed by atoms with Crippen molar-refractivity contribution in [3.05, 3.63) is 11.8 Å². The maximum atomic E-state index is 11.0. The highest BCUT2D eigenvalue weighted by atomic mass is 79.9. The minimum atomic E-state index is -0.939. The van der Waals surface area contributed by atoms with Crippen molar-refractivity contribution in [2.45, 2.75) is 164 Å². The maximum Gasteiger partial charge on any atom is 0.132 e. The van der Waals surface area contributed by atoms with Crippen molar-refractivity contribution in [1.82, 2.24) is 0 Å². The number of ether oxygens (including phenoxy) is 4. The van der Waals surface area contributed by atoms with E-state index in [0.717, 1.165) is 37.9 Å². The van der Waals surface area contributed by atoms with Crippen LogP contribution < -0.4 is 0 Å². The van der Waals surface area contributed by atoms with Crippen molar-refractivity contribution in [3.63, 3.8) is 0 Å². The van der Waals surface area contributed by atoms with Crippen LogP contribution in [0.5, 0.6) is 0 Å². The lowest BCUT2D eigenvalue weighted by Crippen LogP contribution is -2.61. The molecule has 8 heteroatoms. The fourth-order valence-electron chi connectivity index (χ4n) is 6.94. The molecule has 4 aliphatic rings. The normalized spacial score (nSPS) is 43.1. The van der Waals surface area contributed by atoms with E-state index in [4.69, 9.17) is 18.9 Å². The van der Waals surface area contributed by atoms with Crippen LogP contribution in [0.2, 0.25) is 0 Å². The number of fused-ring (bicyclic) bond motifs is 1. The van der Waals surface area contributed by atoms with Gasteiger partial charge in [0, 0.05) is 10.7 Å². The Bertz CT molecular complexity index is 871. The summed E-state index contributed by atoms with van der Waals surface area (Å²) in [6.07, 6.45) is 8.00. The third-order valence-electron chi connectivity index (χ3n) is 9.84. The van der Waals surface area contributed by atoms with E-state index < -0.39 is 22.9 Å². The van der Waals surface area contributed by atoms with Crippen molar-refractivity contribution in [1.29, 1.82) is 0 Å². The van der Waals surface area contributed by atoms with Crippen LogP contribution in [0.1, 0.15) is 106 Å². The summed E-state index contributed by atoms with van der Waals surface area (Å²) in [5.41, 5.74) is -2.67.